The quantitative estimate of drug-likeness (QED) is 0.463. The number of rotatable bonds is 5. The van der Waals surface area contributed by atoms with Crippen LogP contribution in [-0.4, -0.2) is 63.4 Å². The van der Waals surface area contributed by atoms with Gasteiger partial charge in [0.2, 0.25) is 0 Å². The molecule has 0 spiro atoms. The number of pyridine rings is 1. The van der Waals surface area contributed by atoms with Crippen molar-refractivity contribution < 1.29 is 12.8 Å². The number of hydrogen-bond acceptors (Lipinski definition) is 6. The van der Waals surface area contributed by atoms with Gasteiger partial charge in [-0.15, -0.1) is 0 Å². The highest BCUT2D eigenvalue weighted by atomic mass is 32.2. The van der Waals surface area contributed by atoms with Gasteiger partial charge in [-0.2, -0.15) is 9.40 Å². The van der Waals surface area contributed by atoms with Crippen molar-refractivity contribution in [3.05, 3.63) is 78.5 Å². The number of aromatic nitrogens is 4. The van der Waals surface area contributed by atoms with Crippen molar-refractivity contribution in [3.63, 3.8) is 0 Å². The topological polar surface area (TPSA) is 83.7 Å². The fourth-order valence-electron chi connectivity index (χ4n) is 3.84. The van der Waals surface area contributed by atoms with E-state index in [0.29, 0.717) is 43.1 Å². The molecule has 5 rings (SSSR count). The lowest BCUT2D eigenvalue weighted by molar-refractivity contribution is 0.181. The summed E-state index contributed by atoms with van der Waals surface area (Å²) in [6.07, 6.45) is 3.91. The van der Waals surface area contributed by atoms with E-state index >= 15 is 0 Å². The van der Waals surface area contributed by atoms with Crippen LogP contribution >= 0.6 is 0 Å². The summed E-state index contributed by atoms with van der Waals surface area (Å²) in [6, 6.07) is 14.7. The lowest BCUT2D eigenvalue weighted by Crippen LogP contribution is -2.48. The van der Waals surface area contributed by atoms with Gasteiger partial charge < -0.3 is 0 Å². The zero-order chi connectivity index (χ0) is 22.1. The summed E-state index contributed by atoms with van der Waals surface area (Å²) in [4.78, 5) is 10.3. The molecule has 32 heavy (non-hydrogen) atoms. The molecule has 0 radical (unpaired) electrons. The van der Waals surface area contributed by atoms with Crippen molar-refractivity contribution >= 4 is 15.7 Å². The zero-order valence-electron chi connectivity index (χ0n) is 17.2. The fraction of sp³-hybridized carbons (Fsp3) is 0.227. The largest absolute Gasteiger partial charge is 0.296 e. The Balaban J connectivity index is 1.38. The smallest absolute Gasteiger partial charge is 0.262 e. The molecule has 8 nitrogen and oxygen atoms in total. The Bertz CT molecular complexity index is 1350. The van der Waals surface area contributed by atoms with Crippen molar-refractivity contribution in [2.45, 2.75) is 11.6 Å². The van der Waals surface area contributed by atoms with Gasteiger partial charge in [-0.25, -0.2) is 22.3 Å². The van der Waals surface area contributed by atoms with Gasteiger partial charge in [0.15, 0.2) is 10.7 Å². The maximum absolute atomic E-state index is 13.6. The van der Waals surface area contributed by atoms with Crippen molar-refractivity contribution in [1.82, 2.24) is 28.8 Å². The maximum Gasteiger partial charge on any atom is 0.262 e. The molecule has 0 unspecified atom stereocenters. The molecule has 4 heterocycles. The van der Waals surface area contributed by atoms with Crippen LogP contribution in [-0.2, 0) is 16.6 Å². The molecule has 4 aromatic rings. The summed E-state index contributed by atoms with van der Waals surface area (Å²) in [5, 5.41) is 4.41. The first-order valence-electron chi connectivity index (χ1n) is 10.2. The molecular formula is C22H21FN6O2S. The first-order valence-corrected chi connectivity index (χ1v) is 11.7. The van der Waals surface area contributed by atoms with Gasteiger partial charge in [-0.1, -0.05) is 30.3 Å². The summed E-state index contributed by atoms with van der Waals surface area (Å²) in [5.41, 5.74) is 2.47. The van der Waals surface area contributed by atoms with Crippen LogP contribution in [0.5, 0.6) is 0 Å². The van der Waals surface area contributed by atoms with E-state index in [-0.39, 0.29) is 5.03 Å². The third-order valence-corrected chi connectivity index (χ3v) is 7.37. The Morgan fingerprint density at radius 2 is 1.72 bits per heavy atom. The predicted molar refractivity (Wildman–Crippen MR) is 117 cm³/mol. The second-order valence-electron chi connectivity index (χ2n) is 7.64. The summed E-state index contributed by atoms with van der Waals surface area (Å²) in [7, 11) is -3.79. The second kappa shape index (κ2) is 8.38. The lowest BCUT2D eigenvalue weighted by Gasteiger charge is -2.33. The molecule has 10 heteroatoms. The van der Waals surface area contributed by atoms with Gasteiger partial charge in [-0.3, -0.25) is 9.88 Å². The second-order valence-corrected chi connectivity index (χ2v) is 9.53. The van der Waals surface area contributed by atoms with Crippen molar-refractivity contribution in [2.75, 3.05) is 26.2 Å². The van der Waals surface area contributed by atoms with E-state index in [4.69, 9.17) is 0 Å². The van der Waals surface area contributed by atoms with E-state index in [9.17, 15) is 12.8 Å². The summed E-state index contributed by atoms with van der Waals surface area (Å²) < 4.78 is 43.1. The minimum absolute atomic E-state index is 0.00442. The van der Waals surface area contributed by atoms with Crippen LogP contribution in [0, 0.1) is 5.82 Å². The van der Waals surface area contributed by atoms with E-state index in [1.165, 1.54) is 32.8 Å². The molecule has 0 amide bonds. The molecule has 0 N–H and O–H groups in total. The molecule has 0 aliphatic carbocycles. The van der Waals surface area contributed by atoms with Crippen LogP contribution in [0.3, 0.4) is 0 Å². The molecule has 1 fully saturated rings. The van der Waals surface area contributed by atoms with Gasteiger partial charge in [0, 0.05) is 44.5 Å². The number of nitrogens with zero attached hydrogens (tertiary/aromatic N) is 6. The van der Waals surface area contributed by atoms with Crippen molar-refractivity contribution in [2.24, 2.45) is 0 Å². The van der Waals surface area contributed by atoms with Crippen LogP contribution in [0.15, 0.2) is 72.1 Å². The first kappa shape index (κ1) is 20.7. The molecule has 164 valence electrons. The van der Waals surface area contributed by atoms with E-state index in [1.807, 2.05) is 18.2 Å². The monoisotopic (exact) mass is 452 g/mol. The van der Waals surface area contributed by atoms with Gasteiger partial charge in [-0.05, 0) is 23.8 Å². The van der Waals surface area contributed by atoms with Gasteiger partial charge in [0.1, 0.15) is 5.82 Å². The number of halogens is 1. The molecular weight excluding hydrogens is 431 g/mol. The third-order valence-electron chi connectivity index (χ3n) is 5.52. The minimum Gasteiger partial charge on any atom is -0.296 e. The molecule has 0 bridgehead atoms. The van der Waals surface area contributed by atoms with E-state index in [1.54, 1.807) is 12.1 Å². The molecule has 3 aromatic heterocycles. The van der Waals surface area contributed by atoms with E-state index < -0.39 is 15.8 Å². The van der Waals surface area contributed by atoms with Crippen LogP contribution < -0.4 is 0 Å². The molecule has 1 aromatic carbocycles. The van der Waals surface area contributed by atoms with Crippen molar-refractivity contribution in [1.29, 1.82) is 0 Å². The molecule has 1 saturated heterocycles. The summed E-state index contributed by atoms with van der Waals surface area (Å²) >= 11 is 0. The normalized spacial score (nSPS) is 15.9. The number of sulfonamides is 1. The number of hydrogen-bond donors (Lipinski definition) is 0. The zero-order valence-corrected chi connectivity index (χ0v) is 18.0. The molecule has 0 saturated carbocycles. The highest BCUT2D eigenvalue weighted by molar-refractivity contribution is 7.89. The highest BCUT2D eigenvalue weighted by Gasteiger charge is 2.31. The van der Waals surface area contributed by atoms with Gasteiger partial charge >= 0.3 is 0 Å². The number of imidazole rings is 1. The molecule has 1 aliphatic heterocycles. The number of benzene rings is 1. The van der Waals surface area contributed by atoms with Crippen LogP contribution in [0.4, 0.5) is 4.39 Å². The third kappa shape index (κ3) is 3.99. The highest BCUT2D eigenvalue weighted by Crippen LogP contribution is 2.22. The van der Waals surface area contributed by atoms with E-state index in [0.717, 1.165) is 12.7 Å². The fourth-order valence-corrected chi connectivity index (χ4v) is 5.28. The molecule has 0 atom stereocenters. The minimum atomic E-state index is -3.79. The Labute approximate surface area is 185 Å². The van der Waals surface area contributed by atoms with Gasteiger partial charge in [0.25, 0.3) is 10.0 Å². The molecule has 1 aliphatic rings. The number of fused-ring (bicyclic) bond motifs is 1. The van der Waals surface area contributed by atoms with Crippen LogP contribution in [0.2, 0.25) is 0 Å². The predicted octanol–water partition coefficient (Wildman–Crippen LogP) is 2.44. The van der Waals surface area contributed by atoms with Crippen LogP contribution in [0.1, 0.15) is 5.56 Å². The Morgan fingerprint density at radius 3 is 2.47 bits per heavy atom. The number of piperazine rings is 1. The van der Waals surface area contributed by atoms with E-state index in [2.05, 4.69) is 32.1 Å². The SMILES string of the molecule is O=S(=O)(c1cnc2ccc(-c3cncc(F)c3)nn12)N1CCN(Cc2ccccc2)CC1. The average Bonchev–Trinajstić information content (AvgIpc) is 3.24. The maximum atomic E-state index is 13.6. The lowest BCUT2D eigenvalue weighted by atomic mass is 10.2. The standard InChI is InChI=1S/C22H21FN6O2S/c23-19-12-18(13-24-14-19)20-6-7-21-25-15-22(29(21)26-20)32(30,31)28-10-8-27(9-11-28)16-17-4-2-1-3-5-17/h1-7,12-15H,8-11,16H2. The van der Waals surface area contributed by atoms with Crippen LogP contribution in [0.25, 0.3) is 16.9 Å². The average molecular weight is 453 g/mol. The van der Waals surface area contributed by atoms with Crippen molar-refractivity contribution in [3.8, 4) is 11.3 Å². The summed E-state index contributed by atoms with van der Waals surface area (Å²) in [5.74, 6) is -0.490. The van der Waals surface area contributed by atoms with Gasteiger partial charge in [0.05, 0.1) is 18.1 Å². The Hall–Kier alpha value is -3.21. The first-order chi connectivity index (χ1) is 15.5. The Morgan fingerprint density at radius 1 is 0.938 bits per heavy atom. The summed E-state index contributed by atoms with van der Waals surface area (Å²) in [6.45, 7) is 2.83. The Kier molecular flexibility index (Phi) is 5.41.